The second-order valence-corrected chi connectivity index (χ2v) is 7.64. The number of carbonyl (C=O) groups excluding carboxylic acids is 1. The number of hydrazine groups is 1. The molecule has 1 saturated heterocycles. The standard InChI is InChI=1S/C21H19ClF3N5O/c22-14-4-6-15(7-5-14)30-13-18(20(31)28-29-10-2-1-3-11-29)27-19(30)16-12-26-9-8-17(16)21(23,24)25/h4-9,12-13H,1-3,10-11H2,(H,28,31). The van der Waals surface area contributed by atoms with Gasteiger partial charge in [0.1, 0.15) is 11.5 Å². The quantitative estimate of drug-likeness (QED) is 0.625. The van der Waals surface area contributed by atoms with Crippen molar-refractivity contribution in [3.63, 3.8) is 0 Å². The number of rotatable bonds is 4. The highest BCUT2D eigenvalue weighted by Gasteiger charge is 2.35. The van der Waals surface area contributed by atoms with E-state index in [1.807, 2.05) is 0 Å². The lowest BCUT2D eigenvalue weighted by Gasteiger charge is -2.26. The van der Waals surface area contributed by atoms with Crippen molar-refractivity contribution < 1.29 is 18.0 Å². The maximum atomic E-state index is 13.6. The lowest BCUT2D eigenvalue weighted by atomic mass is 10.1. The number of piperidine rings is 1. The number of aromatic nitrogens is 3. The minimum absolute atomic E-state index is 0.00695. The van der Waals surface area contributed by atoms with E-state index in [1.54, 1.807) is 29.3 Å². The van der Waals surface area contributed by atoms with Gasteiger partial charge in [0, 0.05) is 48.0 Å². The van der Waals surface area contributed by atoms with Gasteiger partial charge in [-0.3, -0.25) is 19.8 Å². The molecule has 1 N–H and O–H groups in total. The summed E-state index contributed by atoms with van der Waals surface area (Å²) in [6, 6.07) is 7.40. The normalized spacial score (nSPS) is 15.1. The van der Waals surface area contributed by atoms with Crippen LogP contribution in [0.5, 0.6) is 0 Å². The molecule has 0 atom stereocenters. The van der Waals surface area contributed by atoms with Crippen LogP contribution in [0.4, 0.5) is 13.2 Å². The molecule has 6 nitrogen and oxygen atoms in total. The van der Waals surface area contributed by atoms with Gasteiger partial charge >= 0.3 is 6.18 Å². The van der Waals surface area contributed by atoms with Crippen LogP contribution in [0.15, 0.2) is 48.9 Å². The maximum absolute atomic E-state index is 13.6. The minimum atomic E-state index is -4.61. The summed E-state index contributed by atoms with van der Waals surface area (Å²) >= 11 is 5.95. The highest BCUT2D eigenvalue weighted by molar-refractivity contribution is 6.30. The van der Waals surface area contributed by atoms with E-state index in [0.717, 1.165) is 50.8 Å². The van der Waals surface area contributed by atoms with Gasteiger partial charge < -0.3 is 0 Å². The van der Waals surface area contributed by atoms with E-state index < -0.39 is 17.6 Å². The van der Waals surface area contributed by atoms with Crippen LogP contribution in [0.2, 0.25) is 5.02 Å². The van der Waals surface area contributed by atoms with Gasteiger partial charge in [0.25, 0.3) is 5.91 Å². The van der Waals surface area contributed by atoms with Crippen molar-refractivity contribution in [1.29, 1.82) is 0 Å². The Morgan fingerprint density at radius 2 is 1.77 bits per heavy atom. The van der Waals surface area contributed by atoms with Crippen molar-refractivity contribution in [3.05, 3.63) is 65.2 Å². The first-order valence-corrected chi connectivity index (χ1v) is 10.1. The van der Waals surface area contributed by atoms with Gasteiger partial charge in [-0.1, -0.05) is 18.0 Å². The Bertz CT molecular complexity index is 1080. The van der Waals surface area contributed by atoms with Crippen LogP contribution >= 0.6 is 11.6 Å². The van der Waals surface area contributed by atoms with Crippen molar-refractivity contribution in [2.24, 2.45) is 0 Å². The molecule has 2 aromatic heterocycles. The molecule has 1 aliphatic rings. The first kappa shape index (κ1) is 21.3. The fourth-order valence-corrected chi connectivity index (χ4v) is 3.63. The summed E-state index contributed by atoms with van der Waals surface area (Å²) in [7, 11) is 0. The molecule has 0 saturated carbocycles. The molecule has 10 heteroatoms. The summed E-state index contributed by atoms with van der Waals surface area (Å²) < 4.78 is 42.3. The Kier molecular flexibility index (Phi) is 5.97. The predicted molar refractivity (Wildman–Crippen MR) is 110 cm³/mol. The number of nitrogens with zero attached hydrogens (tertiary/aromatic N) is 4. The SMILES string of the molecule is O=C(NN1CCCCC1)c1cn(-c2ccc(Cl)cc2)c(-c2cnccc2C(F)(F)F)n1. The van der Waals surface area contributed by atoms with Crippen LogP contribution in [0.3, 0.4) is 0 Å². The van der Waals surface area contributed by atoms with E-state index in [9.17, 15) is 18.0 Å². The summed E-state index contributed by atoms with van der Waals surface area (Å²) in [6.45, 7) is 1.44. The van der Waals surface area contributed by atoms with Crippen LogP contribution in [0, 0.1) is 0 Å². The third-order valence-electron chi connectivity index (χ3n) is 5.03. The van der Waals surface area contributed by atoms with Crippen LogP contribution in [0.25, 0.3) is 17.1 Å². The Morgan fingerprint density at radius 3 is 2.45 bits per heavy atom. The molecule has 1 amide bonds. The predicted octanol–water partition coefficient (Wildman–Crippen LogP) is 4.74. The van der Waals surface area contributed by atoms with Crippen LogP contribution < -0.4 is 5.43 Å². The number of imidazole rings is 1. The summed E-state index contributed by atoms with van der Waals surface area (Å²) in [5, 5.41) is 2.28. The minimum Gasteiger partial charge on any atom is -0.299 e. The fourth-order valence-electron chi connectivity index (χ4n) is 3.50. The lowest BCUT2D eigenvalue weighted by Crippen LogP contribution is -2.45. The van der Waals surface area contributed by atoms with Gasteiger partial charge in [-0.2, -0.15) is 13.2 Å². The zero-order valence-electron chi connectivity index (χ0n) is 16.4. The van der Waals surface area contributed by atoms with E-state index in [4.69, 9.17) is 11.6 Å². The average Bonchev–Trinajstić information content (AvgIpc) is 3.20. The average molecular weight is 450 g/mol. The molecular weight excluding hydrogens is 431 g/mol. The van der Waals surface area contributed by atoms with Crippen molar-refractivity contribution >= 4 is 17.5 Å². The Labute approximate surface area is 181 Å². The number of pyridine rings is 1. The smallest absolute Gasteiger partial charge is 0.299 e. The highest BCUT2D eigenvalue weighted by Crippen LogP contribution is 2.37. The van der Waals surface area contributed by atoms with Crippen molar-refractivity contribution in [2.45, 2.75) is 25.4 Å². The van der Waals surface area contributed by atoms with Crippen LogP contribution in [-0.2, 0) is 6.18 Å². The number of halogens is 4. The number of alkyl halides is 3. The first-order chi connectivity index (χ1) is 14.8. The van der Waals surface area contributed by atoms with Gasteiger partial charge in [0.05, 0.1) is 5.56 Å². The second kappa shape index (κ2) is 8.68. The molecule has 0 unspecified atom stereocenters. The summed E-state index contributed by atoms with van der Waals surface area (Å²) in [5.41, 5.74) is 2.21. The van der Waals surface area contributed by atoms with E-state index in [-0.39, 0.29) is 17.1 Å². The molecule has 4 rings (SSSR count). The number of carbonyl (C=O) groups is 1. The second-order valence-electron chi connectivity index (χ2n) is 7.20. The first-order valence-electron chi connectivity index (χ1n) is 9.76. The highest BCUT2D eigenvalue weighted by atomic mass is 35.5. The monoisotopic (exact) mass is 449 g/mol. The molecule has 1 aromatic carbocycles. The Morgan fingerprint density at radius 1 is 1.06 bits per heavy atom. The molecule has 1 fully saturated rings. The topological polar surface area (TPSA) is 63.1 Å². The van der Waals surface area contributed by atoms with Crippen LogP contribution in [-0.4, -0.2) is 38.5 Å². The number of amides is 1. The molecule has 1 aliphatic heterocycles. The molecule has 162 valence electrons. The van der Waals surface area contributed by atoms with Crippen molar-refractivity contribution in [2.75, 3.05) is 13.1 Å². The lowest BCUT2D eigenvalue weighted by molar-refractivity contribution is -0.137. The molecule has 0 bridgehead atoms. The van der Waals surface area contributed by atoms with Crippen LogP contribution in [0.1, 0.15) is 35.3 Å². The van der Waals surface area contributed by atoms with E-state index in [2.05, 4.69) is 15.4 Å². The molecule has 3 aromatic rings. The van der Waals surface area contributed by atoms with Crippen molar-refractivity contribution in [1.82, 2.24) is 25.0 Å². The fraction of sp³-hybridized carbons (Fsp3) is 0.286. The van der Waals surface area contributed by atoms with Gasteiger partial charge in [-0.25, -0.2) is 9.99 Å². The van der Waals surface area contributed by atoms with E-state index in [1.165, 1.54) is 10.8 Å². The number of hydrogen-bond donors (Lipinski definition) is 1. The number of hydrogen-bond acceptors (Lipinski definition) is 4. The van der Waals surface area contributed by atoms with Gasteiger partial charge in [-0.15, -0.1) is 0 Å². The molecule has 0 aliphatic carbocycles. The molecule has 0 spiro atoms. The molecule has 31 heavy (non-hydrogen) atoms. The van der Waals surface area contributed by atoms with Gasteiger partial charge in [0.15, 0.2) is 0 Å². The Balaban J connectivity index is 1.78. The van der Waals surface area contributed by atoms with E-state index in [0.29, 0.717) is 10.7 Å². The van der Waals surface area contributed by atoms with Gasteiger partial charge in [0.2, 0.25) is 0 Å². The number of benzene rings is 1. The summed E-state index contributed by atoms with van der Waals surface area (Å²) in [4.78, 5) is 20.9. The zero-order valence-corrected chi connectivity index (χ0v) is 17.1. The van der Waals surface area contributed by atoms with Crippen molar-refractivity contribution in [3.8, 4) is 17.1 Å². The third kappa shape index (κ3) is 4.72. The third-order valence-corrected chi connectivity index (χ3v) is 5.28. The summed E-state index contributed by atoms with van der Waals surface area (Å²) in [5.74, 6) is -0.514. The maximum Gasteiger partial charge on any atom is 0.417 e. The summed E-state index contributed by atoms with van der Waals surface area (Å²) in [6.07, 6.45) is 2.03. The zero-order chi connectivity index (χ0) is 22.0. The molecule has 0 radical (unpaired) electrons. The van der Waals surface area contributed by atoms with Gasteiger partial charge in [-0.05, 0) is 43.2 Å². The Hall–Kier alpha value is -2.91. The van der Waals surface area contributed by atoms with E-state index >= 15 is 0 Å². The molecule has 3 heterocycles. The molecular formula is C21H19ClF3N5O. The largest absolute Gasteiger partial charge is 0.417 e. The number of nitrogens with one attached hydrogen (secondary N) is 1.